The third-order valence-corrected chi connectivity index (χ3v) is 2.88. The summed E-state index contributed by atoms with van der Waals surface area (Å²) < 4.78 is 0.653. The summed E-state index contributed by atoms with van der Waals surface area (Å²) in [5, 5.41) is 20.0. The Balaban J connectivity index is 2.32. The third-order valence-electron chi connectivity index (χ3n) is 2.38. The lowest BCUT2D eigenvalue weighted by Gasteiger charge is -2.15. The van der Waals surface area contributed by atoms with Gasteiger partial charge in [-0.25, -0.2) is 0 Å². The van der Waals surface area contributed by atoms with Gasteiger partial charge in [0.2, 0.25) is 0 Å². The molecule has 0 saturated carbocycles. The van der Waals surface area contributed by atoms with Crippen LogP contribution in [-0.2, 0) is 0 Å². The van der Waals surface area contributed by atoms with Gasteiger partial charge in [0, 0.05) is 4.47 Å². The number of hydroxylamine groups is 1. The molecule has 0 saturated heterocycles. The first-order valence-electron chi connectivity index (χ1n) is 5.16. The van der Waals surface area contributed by atoms with Crippen LogP contribution < -0.4 is 5.06 Å². The van der Waals surface area contributed by atoms with Crippen molar-refractivity contribution in [2.75, 3.05) is 5.06 Å². The number of para-hydroxylation sites is 1. The van der Waals surface area contributed by atoms with Gasteiger partial charge in [-0.15, -0.1) is 0 Å². The largest absolute Gasteiger partial charge is 0.507 e. The molecule has 5 heteroatoms. The Morgan fingerprint density at radius 3 is 2.39 bits per heavy atom. The highest BCUT2D eigenvalue weighted by Crippen LogP contribution is 2.24. The van der Waals surface area contributed by atoms with Gasteiger partial charge < -0.3 is 5.11 Å². The first kappa shape index (κ1) is 12.6. The molecule has 0 aliphatic heterocycles. The SMILES string of the molecule is O=C(c1ccc(Br)cc1O)N(O)c1ccccc1. The van der Waals surface area contributed by atoms with E-state index in [0.717, 1.165) is 0 Å². The zero-order valence-electron chi connectivity index (χ0n) is 9.25. The molecule has 92 valence electrons. The number of benzene rings is 2. The van der Waals surface area contributed by atoms with Crippen molar-refractivity contribution < 1.29 is 15.1 Å². The lowest BCUT2D eigenvalue weighted by Crippen LogP contribution is -2.26. The van der Waals surface area contributed by atoms with Gasteiger partial charge in [-0.2, -0.15) is 5.06 Å². The summed E-state index contributed by atoms with van der Waals surface area (Å²) in [7, 11) is 0. The molecular weight excluding hydrogens is 298 g/mol. The number of nitrogens with zero attached hydrogens (tertiary/aromatic N) is 1. The van der Waals surface area contributed by atoms with Crippen molar-refractivity contribution >= 4 is 27.5 Å². The summed E-state index contributed by atoms with van der Waals surface area (Å²) in [6.45, 7) is 0. The van der Waals surface area contributed by atoms with E-state index in [9.17, 15) is 15.1 Å². The minimum Gasteiger partial charge on any atom is -0.507 e. The second kappa shape index (κ2) is 5.20. The summed E-state index contributed by atoms with van der Waals surface area (Å²) in [6, 6.07) is 12.8. The highest BCUT2D eigenvalue weighted by molar-refractivity contribution is 9.10. The zero-order chi connectivity index (χ0) is 13.1. The zero-order valence-corrected chi connectivity index (χ0v) is 10.8. The summed E-state index contributed by atoms with van der Waals surface area (Å²) in [5.41, 5.74) is 0.370. The van der Waals surface area contributed by atoms with Gasteiger partial charge in [0.15, 0.2) is 0 Å². The summed E-state index contributed by atoms with van der Waals surface area (Å²) in [6.07, 6.45) is 0. The van der Waals surface area contributed by atoms with Crippen LogP contribution in [0.15, 0.2) is 53.0 Å². The topological polar surface area (TPSA) is 60.8 Å². The molecule has 0 aliphatic carbocycles. The normalized spacial score (nSPS) is 10.1. The Morgan fingerprint density at radius 1 is 1.11 bits per heavy atom. The molecule has 1 amide bonds. The van der Waals surface area contributed by atoms with Crippen LogP contribution in [0.2, 0.25) is 0 Å². The van der Waals surface area contributed by atoms with E-state index >= 15 is 0 Å². The first-order valence-corrected chi connectivity index (χ1v) is 5.96. The number of halogens is 1. The van der Waals surface area contributed by atoms with Crippen LogP contribution in [-0.4, -0.2) is 16.2 Å². The van der Waals surface area contributed by atoms with Gasteiger partial charge in [0.05, 0.1) is 11.3 Å². The molecule has 0 aromatic heterocycles. The monoisotopic (exact) mass is 307 g/mol. The predicted molar refractivity (Wildman–Crippen MR) is 70.8 cm³/mol. The molecule has 0 heterocycles. The van der Waals surface area contributed by atoms with E-state index < -0.39 is 5.91 Å². The van der Waals surface area contributed by atoms with E-state index in [1.165, 1.54) is 12.1 Å². The summed E-state index contributed by atoms with van der Waals surface area (Å²) in [5.74, 6) is -0.879. The number of phenols is 1. The summed E-state index contributed by atoms with van der Waals surface area (Å²) >= 11 is 3.18. The van der Waals surface area contributed by atoms with Crippen LogP contribution in [0.4, 0.5) is 5.69 Å². The molecule has 2 N–H and O–H groups in total. The van der Waals surface area contributed by atoms with Crippen molar-refractivity contribution in [3.05, 3.63) is 58.6 Å². The van der Waals surface area contributed by atoms with Gasteiger partial charge in [-0.3, -0.25) is 10.0 Å². The number of aromatic hydroxyl groups is 1. The van der Waals surface area contributed by atoms with Crippen molar-refractivity contribution in [3.8, 4) is 5.75 Å². The van der Waals surface area contributed by atoms with Crippen LogP contribution in [0.1, 0.15) is 10.4 Å². The molecule has 0 bridgehead atoms. The molecule has 2 aromatic rings. The number of carbonyl (C=O) groups excluding carboxylic acids is 1. The minimum atomic E-state index is -0.689. The number of rotatable bonds is 2. The maximum atomic E-state index is 12.0. The molecule has 0 atom stereocenters. The fourth-order valence-corrected chi connectivity index (χ4v) is 1.84. The molecule has 0 aliphatic rings. The molecule has 0 spiro atoms. The van der Waals surface area contributed by atoms with Crippen LogP contribution >= 0.6 is 15.9 Å². The number of hydrogen-bond acceptors (Lipinski definition) is 3. The third kappa shape index (κ3) is 2.52. The average molecular weight is 308 g/mol. The quantitative estimate of drug-likeness (QED) is 0.661. The second-order valence-electron chi connectivity index (χ2n) is 3.61. The lowest BCUT2D eigenvalue weighted by atomic mass is 10.2. The van der Waals surface area contributed by atoms with E-state index in [0.29, 0.717) is 15.2 Å². The standard InChI is InChI=1S/C13H10BrNO3/c14-9-6-7-11(12(16)8-9)13(17)15(18)10-4-2-1-3-5-10/h1-8,16,18H. The number of anilines is 1. The smallest absolute Gasteiger partial charge is 0.285 e. The Kier molecular flexibility index (Phi) is 3.64. The highest BCUT2D eigenvalue weighted by atomic mass is 79.9. The van der Waals surface area contributed by atoms with Gasteiger partial charge in [-0.05, 0) is 30.3 Å². The molecular formula is C13H10BrNO3. The molecule has 0 radical (unpaired) electrons. The first-order chi connectivity index (χ1) is 8.59. The number of phenolic OH excluding ortho intramolecular Hbond substituents is 1. The van der Waals surface area contributed by atoms with Crippen LogP contribution in [0.5, 0.6) is 5.75 Å². The van der Waals surface area contributed by atoms with Crippen molar-refractivity contribution in [1.82, 2.24) is 0 Å². The fourth-order valence-electron chi connectivity index (χ4n) is 1.49. The van der Waals surface area contributed by atoms with Crippen molar-refractivity contribution in [2.24, 2.45) is 0 Å². The fraction of sp³-hybridized carbons (Fsp3) is 0. The van der Waals surface area contributed by atoms with E-state index in [-0.39, 0.29) is 11.3 Å². The molecule has 0 fully saturated rings. The van der Waals surface area contributed by atoms with E-state index in [1.807, 2.05) is 0 Å². The second-order valence-corrected chi connectivity index (χ2v) is 4.53. The lowest BCUT2D eigenvalue weighted by molar-refractivity contribution is 0.0852. The maximum Gasteiger partial charge on any atom is 0.285 e. The van der Waals surface area contributed by atoms with Gasteiger partial charge in [-0.1, -0.05) is 34.1 Å². The molecule has 18 heavy (non-hydrogen) atoms. The van der Waals surface area contributed by atoms with E-state index in [4.69, 9.17) is 0 Å². The van der Waals surface area contributed by atoms with E-state index in [1.54, 1.807) is 36.4 Å². The molecule has 2 rings (SSSR count). The highest BCUT2D eigenvalue weighted by Gasteiger charge is 2.18. The van der Waals surface area contributed by atoms with E-state index in [2.05, 4.69) is 15.9 Å². The number of hydrogen-bond donors (Lipinski definition) is 2. The Hall–Kier alpha value is -1.85. The van der Waals surface area contributed by atoms with Crippen molar-refractivity contribution in [2.45, 2.75) is 0 Å². The van der Waals surface area contributed by atoms with Crippen molar-refractivity contribution in [3.63, 3.8) is 0 Å². The predicted octanol–water partition coefficient (Wildman–Crippen LogP) is 3.19. The van der Waals surface area contributed by atoms with Gasteiger partial charge in [0.25, 0.3) is 5.91 Å². The van der Waals surface area contributed by atoms with Crippen LogP contribution in [0.25, 0.3) is 0 Å². The van der Waals surface area contributed by atoms with Crippen LogP contribution in [0.3, 0.4) is 0 Å². The molecule has 4 nitrogen and oxygen atoms in total. The van der Waals surface area contributed by atoms with Crippen LogP contribution in [0, 0.1) is 0 Å². The van der Waals surface area contributed by atoms with Crippen molar-refractivity contribution in [1.29, 1.82) is 0 Å². The van der Waals surface area contributed by atoms with Gasteiger partial charge >= 0.3 is 0 Å². The molecule has 2 aromatic carbocycles. The van der Waals surface area contributed by atoms with Gasteiger partial charge in [0.1, 0.15) is 5.75 Å². The number of amides is 1. The number of carbonyl (C=O) groups is 1. The molecule has 0 unspecified atom stereocenters. The Morgan fingerprint density at radius 2 is 1.78 bits per heavy atom. The Labute approximate surface area is 112 Å². The maximum absolute atomic E-state index is 12.0. The Bertz CT molecular complexity index is 572. The summed E-state index contributed by atoms with van der Waals surface area (Å²) in [4.78, 5) is 12.0. The average Bonchev–Trinajstić information content (AvgIpc) is 2.38. The minimum absolute atomic E-state index is 0.0320.